The summed E-state index contributed by atoms with van der Waals surface area (Å²) in [5, 5.41) is 9.61. The Morgan fingerprint density at radius 2 is 1.94 bits per heavy atom. The Bertz CT molecular complexity index is 542. The number of halogens is 3. The van der Waals surface area contributed by atoms with Gasteiger partial charge in [-0.3, -0.25) is 0 Å². The highest BCUT2D eigenvalue weighted by molar-refractivity contribution is 5.82. The molecule has 0 bridgehead atoms. The van der Waals surface area contributed by atoms with Gasteiger partial charge in [0.2, 0.25) is 0 Å². The summed E-state index contributed by atoms with van der Waals surface area (Å²) >= 11 is 0. The molecular formula is C12H12F3NO. The van der Waals surface area contributed by atoms with Crippen LogP contribution >= 0.6 is 0 Å². The molecule has 0 aliphatic rings. The van der Waals surface area contributed by atoms with E-state index in [9.17, 15) is 13.2 Å². The third kappa shape index (κ3) is 2.15. The highest BCUT2D eigenvalue weighted by Gasteiger charge is 2.30. The van der Waals surface area contributed by atoms with E-state index >= 15 is 0 Å². The van der Waals surface area contributed by atoms with Crippen LogP contribution in [0, 0.1) is 0 Å². The van der Waals surface area contributed by atoms with Crippen LogP contribution in [0.25, 0.3) is 10.9 Å². The van der Waals surface area contributed by atoms with Crippen molar-refractivity contribution >= 4 is 10.9 Å². The average Bonchev–Trinajstić information content (AvgIpc) is 2.55. The lowest BCUT2D eigenvalue weighted by Gasteiger charge is -2.07. The molecule has 0 radical (unpaired) electrons. The summed E-state index contributed by atoms with van der Waals surface area (Å²) in [7, 11) is 1.70. The molecule has 0 spiro atoms. The summed E-state index contributed by atoms with van der Waals surface area (Å²) in [4.78, 5) is 0. The minimum absolute atomic E-state index is 0.0176. The van der Waals surface area contributed by atoms with Crippen LogP contribution < -0.4 is 0 Å². The van der Waals surface area contributed by atoms with E-state index < -0.39 is 11.7 Å². The van der Waals surface area contributed by atoms with Crippen molar-refractivity contribution in [3.05, 3.63) is 35.5 Å². The topological polar surface area (TPSA) is 25.2 Å². The summed E-state index contributed by atoms with van der Waals surface area (Å²) < 4.78 is 39.3. The van der Waals surface area contributed by atoms with Gasteiger partial charge in [0.15, 0.2) is 0 Å². The fourth-order valence-corrected chi connectivity index (χ4v) is 1.92. The Kier molecular flexibility index (Phi) is 2.87. The van der Waals surface area contributed by atoms with E-state index in [2.05, 4.69) is 0 Å². The summed E-state index contributed by atoms with van der Waals surface area (Å²) in [6.45, 7) is -0.0176. The second-order valence-corrected chi connectivity index (χ2v) is 3.94. The standard InChI is InChI=1S/C12H12F3NO/c1-16-10(4-5-17)6-8-2-3-9(7-11(8)16)12(13,14)15/h2-3,6-7,17H,4-5H2,1H3. The van der Waals surface area contributed by atoms with Crippen LogP contribution in [0.1, 0.15) is 11.3 Å². The SMILES string of the molecule is Cn1c(CCO)cc2ccc(C(F)(F)F)cc21. The molecule has 0 atom stereocenters. The van der Waals surface area contributed by atoms with Crippen molar-refractivity contribution in [3.63, 3.8) is 0 Å². The predicted molar refractivity (Wildman–Crippen MR) is 58.7 cm³/mol. The molecule has 2 nitrogen and oxygen atoms in total. The lowest BCUT2D eigenvalue weighted by atomic mass is 10.1. The average molecular weight is 243 g/mol. The van der Waals surface area contributed by atoms with Crippen molar-refractivity contribution in [2.24, 2.45) is 7.05 Å². The van der Waals surface area contributed by atoms with Crippen molar-refractivity contribution < 1.29 is 18.3 Å². The number of aryl methyl sites for hydroxylation is 1. The first-order valence-electron chi connectivity index (χ1n) is 5.20. The van der Waals surface area contributed by atoms with Crippen molar-refractivity contribution in [2.75, 3.05) is 6.61 Å². The highest BCUT2D eigenvalue weighted by atomic mass is 19.4. The number of benzene rings is 1. The first kappa shape index (κ1) is 12.0. The zero-order valence-corrected chi connectivity index (χ0v) is 9.25. The van der Waals surface area contributed by atoms with E-state index in [1.165, 1.54) is 6.07 Å². The molecular weight excluding hydrogens is 231 g/mol. The molecule has 0 saturated heterocycles. The molecule has 1 aromatic carbocycles. The van der Waals surface area contributed by atoms with Crippen LogP contribution in [0.3, 0.4) is 0 Å². The van der Waals surface area contributed by atoms with Gasteiger partial charge in [-0.25, -0.2) is 0 Å². The fraction of sp³-hybridized carbons (Fsp3) is 0.333. The number of nitrogens with zero attached hydrogens (tertiary/aromatic N) is 1. The zero-order chi connectivity index (χ0) is 12.6. The van der Waals surface area contributed by atoms with E-state index in [0.717, 1.165) is 23.2 Å². The van der Waals surface area contributed by atoms with Crippen LogP contribution in [0.15, 0.2) is 24.3 Å². The largest absolute Gasteiger partial charge is 0.416 e. The number of hydrogen-bond donors (Lipinski definition) is 1. The first-order valence-corrected chi connectivity index (χ1v) is 5.20. The summed E-state index contributed by atoms with van der Waals surface area (Å²) in [6.07, 6.45) is -3.89. The molecule has 0 aliphatic heterocycles. The molecule has 0 aliphatic carbocycles. The Balaban J connectivity index is 2.57. The highest BCUT2D eigenvalue weighted by Crippen LogP contribution is 2.32. The van der Waals surface area contributed by atoms with Crippen LogP contribution in [0.2, 0.25) is 0 Å². The number of aliphatic hydroxyl groups excluding tert-OH is 1. The monoisotopic (exact) mass is 243 g/mol. The van der Waals surface area contributed by atoms with Gasteiger partial charge in [0.05, 0.1) is 5.56 Å². The molecule has 5 heteroatoms. The second-order valence-electron chi connectivity index (χ2n) is 3.94. The van der Waals surface area contributed by atoms with Gasteiger partial charge in [0.1, 0.15) is 0 Å². The predicted octanol–water partition coefficient (Wildman–Crippen LogP) is 2.73. The van der Waals surface area contributed by atoms with Crippen LogP contribution in [0.5, 0.6) is 0 Å². The maximum absolute atomic E-state index is 12.6. The maximum atomic E-state index is 12.6. The Morgan fingerprint density at radius 1 is 1.24 bits per heavy atom. The van der Waals surface area contributed by atoms with E-state index in [0.29, 0.717) is 11.9 Å². The van der Waals surface area contributed by atoms with Crippen LogP contribution in [-0.2, 0) is 19.6 Å². The van der Waals surface area contributed by atoms with Gasteiger partial charge in [-0.2, -0.15) is 13.2 Å². The molecule has 1 heterocycles. The van der Waals surface area contributed by atoms with Gasteiger partial charge in [-0.05, 0) is 23.6 Å². The van der Waals surface area contributed by atoms with E-state index in [-0.39, 0.29) is 6.61 Å². The number of alkyl halides is 3. The van der Waals surface area contributed by atoms with Gasteiger partial charge in [0, 0.05) is 31.3 Å². The lowest BCUT2D eigenvalue weighted by molar-refractivity contribution is -0.137. The molecule has 0 unspecified atom stereocenters. The minimum Gasteiger partial charge on any atom is -0.396 e. The first-order chi connectivity index (χ1) is 7.93. The minimum atomic E-state index is -4.32. The quantitative estimate of drug-likeness (QED) is 0.862. The number of hydrogen-bond acceptors (Lipinski definition) is 1. The summed E-state index contributed by atoms with van der Waals surface area (Å²) in [5.41, 5.74) is 0.701. The van der Waals surface area contributed by atoms with Gasteiger partial charge in [-0.15, -0.1) is 0 Å². The third-order valence-electron chi connectivity index (χ3n) is 2.84. The number of aromatic nitrogens is 1. The molecule has 17 heavy (non-hydrogen) atoms. The van der Waals surface area contributed by atoms with Crippen molar-refractivity contribution in [2.45, 2.75) is 12.6 Å². The molecule has 2 rings (SSSR count). The summed E-state index contributed by atoms with van der Waals surface area (Å²) in [6, 6.07) is 5.46. The Morgan fingerprint density at radius 3 is 2.53 bits per heavy atom. The smallest absolute Gasteiger partial charge is 0.396 e. The second kappa shape index (κ2) is 4.07. The van der Waals surface area contributed by atoms with E-state index in [4.69, 9.17) is 5.11 Å². The van der Waals surface area contributed by atoms with Gasteiger partial charge in [-0.1, -0.05) is 6.07 Å². The molecule has 0 amide bonds. The number of rotatable bonds is 2. The van der Waals surface area contributed by atoms with Gasteiger partial charge >= 0.3 is 6.18 Å². The van der Waals surface area contributed by atoms with Gasteiger partial charge in [0.25, 0.3) is 0 Å². The van der Waals surface area contributed by atoms with Crippen LogP contribution in [-0.4, -0.2) is 16.3 Å². The molecule has 0 saturated carbocycles. The van der Waals surface area contributed by atoms with Crippen molar-refractivity contribution in [1.82, 2.24) is 4.57 Å². The summed E-state index contributed by atoms with van der Waals surface area (Å²) in [5.74, 6) is 0. The van der Waals surface area contributed by atoms with E-state index in [1.54, 1.807) is 17.7 Å². The maximum Gasteiger partial charge on any atom is 0.416 e. The number of fused-ring (bicyclic) bond motifs is 1. The molecule has 92 valence electrons. The zero-order valence-electron chi connectivity index (χ0n) is 9.25. The molecule has 1 N–H and O–H groups in total. The fourth-order valence-electron chi connectivity index (χ4n) is 1.92. The molecule has 1 aromatic heterocycles. The Labute approximate surface area is 96.3 Å². The normalized spacial score (nSPS) is 12.3. The Hall–Kier alpha value is -1.49. The van der Waals surface area contributed by atoms with Gasteiger partial charge < -0.3 is 9.67 Å². The molecule has 2 aromatic rings. The number of aliphatic hydroxyl groups is 1. The van der Waals surface area contributed by atoms with Crippen molar-refractivity contribution in [1.29, 1.82) is 0 Å². The van der Waals surface area contributed by atoms with E-state index in [1.807, 2.05) is 0 Å². The van der Waals surface area contributed by atoms with Crippen molar-refractivity contribution in [3.8, 4) is 0 Å². The third-order valence-corrected chi connectivity index (χ3v) is 2.84. The van der Waals surface area contributed by atoms with Crippen LogP contribution in [0.4, 0.5) is 13.2 Å². The lowest BCUT2D eigenvalue weighted by Crippen LogP contribution is -2.05. The molecule has 0 fully saturated rings.